The van der Waals surface area contributed by atoms with E-state index in [1.165, 1.54) is 29.5 Å². The Hall–Kier alpha value is -3.47. The number of likely N-dealkylation sites (tertiary alicyclic amines) is 1. The minimum Gasteiger partial charge on any atom is -0.462 e. The van der Waals surface area contributed by atoms with Crippen LogP contribution in [0.4, 0.5) is 28.0 Å². The molecular formula is C25H23F4N3O3S. The highest BCUT2D eigenvalue weighted by molar-refractivity contribution is 7.14. The van der Waals surface area contributed by atoms with Crippen molar-refractivity contribution >= 4 is 29.0 Å². The number of nitrogens with zero attached hydrogens (tertiary/aromatic N) is 2. The number of ether oxygens (including phenoxy) is 1. The van der Waals surface area contributed by atoms with E-state index in [4.69, 9.17) is 4.74 Å². The molecule has 6 nitrogen and oxygen atoms in total. The van der Waals surface area contributed by atoms with Crippen molar-refractivity contribution in [1.29, 1.82) is 0 Å². The molecule has 11 heteroatoms. The minimum atomic E-state index is -4.44. The maximum absolute atomic E-state index is 14.5. The summed E-state index contributed by atoms with van der Waals surface area (Å²) in [5.41, 5.74) is -0.0595. The Morgan fingerprint density at radius 3 is 2.39 bits per heavy atom. The summed E-state index contributed by atoms with van der Waals surface area (Å²) in [6.07, 6.45) is -3.32. The van der Waals surface area contributed by atoms with Crippen LogP contribution in [-0.4, -0.2) is 41.6 Å². The third-order valence-electron chi connectivity index (χ3n) is 5.83. The Bertz CT molecular complexity index is 1240. The number of anilines is 1. The summed E-state index contributed by atoms with van der Waals surface area (Å²) < 4.78 is 57.8. The number of hydrogen-bond donors (Lipinski definition) is 1. The number of amides is 2. The van der Waals surface area contributed by atoms with E-state index in [0.717, 1.165) is 12.1 Å². The van der Waals surface area contributed by atoms with Gasteiger partial charge in [0.15, 0.2) is 0 Å². The molecule has 0 atom stereocenters. The lowest BCUT2D eigenvalue weighted by Gasteiger charge is -2.31. The van der Waals surface area contributed by atoms with Gasteiger partial charge in [0.05, 0.1) is 22.9 Å². The van der Waals surface area contributed by atoms with Gasteiger partial charge < -0.3 is 15.0 Å². The average molecular weight is 522 g/mol. The van der Waals surface area contributed by atoms with Crippen LogP contribution in [0.1, 0.15) is 45.9 Å². The highest BCUT2D eigenvalue weighted by Gasteiger charge is 2.31. The van der Waals surface area contributed by atoms with Gasteiger partial charge in [0, 0.05) is 30.3 Å². The molecule has 190 valence electrons. The molecule has 1 aliphatic heterocycles. The van der Waals surface area contributed by atoms with E-state index in [9.17, 15) is 27.2 Å². The first-order chi connectivity index (χ1) is 17.2. The first kappa shape index (κ1) is 25.6. The SMILES string of the molecule is CCOC(=O)c1sc(C2CCN(C(=O)Nc3ccc(C(F)(F)F)cc3)CC2)nc1-c1ccccc1F. The molecule has 1 N–H and O–H groups in total. The summed E-state index contributed by atoms with van der Waals surface area (Å²) >= 11 is 1.17. The molecule has 0 aliphatic carbocycles. The second-order valence-corrected chi connectivity index (χ2v) is 9.23. The summed E-state index contributed by atoms with van der Waals surface area (Å²) in [5, 5.41) is 3.28. The number of carbonyl (C=O) groups excluding carboxylic acids is 2. The number of aromatic nitrogens is 1. The normalized spacial score (nSPS) is 14.5. The molecule has 0 bridgehead atoms. The lowest BCUT2D eigenvalue weighted by Crippen LogP contribution is -2.40. The smallest absolute Gasteiger partial charge is 0.416 e. The molecule has 2 amide bonds. The van der Waals surface area contributed by atoms with E-state index in [2.05, 4.69) is 10.3 Å². The molecule has 0 radical (unpaired) electrons. The van der Waals surface area contributed by atoms with E-state index in [-0.39, 0.29) is 34.3 Å². The molecule has 1 aromatic heterocycles. The largest absolute Gasteiger partial charge is 0.462 e. The highest BCUT2D eigenvalue weighted by atomic mass is 32.1. The second-order valence-electron chi connectivity index (χ2n) is 8.20. The first-order valence-corrected chi connectivity index (χ1v) is 12.1. The van der Waals surface area contributed by atoms with Gasteiger partial charge in [0.25, 0.3) is 0 Å². The maximum Gasteiger partial charge on any atom is 0.416 e. The number of hydrogen-bond acceptors (Lipinski definition) is 5. The number of thiazole rings is 1. The zero-order valence-corrected chi connectivity index (χ0v) is 20.1. The lowest BCUT2D eigenvalue weighted by molar-refractivity contribution is -0.137. The van der Waals surface area contributed by atoms with Crippen LogP contribution in [0, 0.1) is 5.82 Å². The van der Waals surface area contributed by atoms with Crippen molar-refractivity contribution in [3.8, 4) is 11.3 Å². The maximum atomic E-state index is 14.5. The van der Waals surface area contributed by atoms with Crippen LogP contribution in [0.2, 0.25) is 0 Å². The summed E-state index contributed by atoms with van der Waals surface area (Å²) in [7, 11) is 0. The minimum absolute atomic E-state index is 0.0428. The predicted octanol–water partition coefficient (Wildman–Crippen LogP) is 6.56. The van der Waals surface area contributed by atoms with Crippen molar-refractivity contribution < 1.29 is 31.9 Å². The molecule has 2 aromatic carbocycles. The van der Waals surface area contributed by atoms with Crippen molar-refractivity contribution in [2.45, 2.75) is 31.9 Å². The number of urea groups is 1. The van der Waals surface area contributed by atoms with Gasteiger partial charge in [-0.25, -0.2) is 19.0 Å². The van der Waals surface area contributed by atoms with E-state index in [1.54, 1.807) is 30.0 Å². The Balaban J connectivity index is 1.44. The van der Waals surface area contributed by atoms with Crippen LogP contribution in [0.15, 0.2) is 48.5 Å². The van der Waals surface area contributed by atoms with E-state index in [1.807, 2.05) is 0 Å². The molecule has 0 unspecified atom stereocenters. The Morgan fingerprint density at radius 2 is 1.78 bits per heavy atom. The number of rotatable bonds is 5. The van der Waals surface area contributed by atoms with Crippen LogP contribution in [0.3, 0.4) is 0 Å². The number of nitrogens with one attached hydrogen (secondary N) is 1. The lowest BCUT2D eigenvalue weighted by atomic mass is 9.97. The fraction of sp³-hybridized carbons (Fsp3) is 0.320. The molecule has 1 aliphatic rings. The van der Waals surface area contributed by atoms with Gasteiger partial charge in [0.2, 0.25) is 0 Å². The Labute approximate surface area is 208 Å². The summed E-state index contributed by atoms with van der Waals surface area (Å²) in [6.45, 7) is 2.64. The molecular weight excluding hydrogens is 498 g/mol. The Morgan fingerprint density at radius 1 is 1.11 bits per heavy atom. The number of alkyl halides is 3. The van der Waals surface area contributed by atoms with Crippen molar-refractivity contribution in [3.63, 3.8) is 0 Å². The van der Waals surface area contributed by atoms with Crippen LogP contribution in [0.5, 0.6) is 0 Å². The molecule has 1 saturated heterocycles. The van der Waals surface area contributed by atoms with Crippen LogP contribution in [0.25, 0.3) is 11.3 Å². The molecule has 0 saturated carbocycles. The van der Waals surface area contributed by atoms with Gasteiger partial charge in [-0.3, -0.25) is 0 Å². The van der Waals surface area contributed by atoms with Gasteiger partial charge in [-0.1, -0.05) is 12.1 Å². The monoisotopic (exact) mass is 521 g/mol. The molecule has 2 heterocycles. The fourth-order valence-corrected chi connectivity index (χ4v) is 5.10. The summed E-state index contributed by atoms with van der Waals surface area (Å²) in [6, 6.07) is 9.93. The molecule has 4 rings (SSSR count). The number of benzene rings is 2. The predicted molar refractivity (Wildman–Crippen MR) is 127 cm³/mol. The first-order valence-electron chi connectivity index (χ1n) is 11.3. The van der Waals surface area contributed by atoms with Gasteiger partial charge in [-0.15, -0.1) is 11.3 Å². The van der Waals surface area contributed by atoms with Crippen molar-refractivity contribution in [3.05, 3.63) is 69.8 Å². The highest BCUT2D eigenvalue weighted by Crippen LogP contribution is 2.37. The summed E-state index contributed by atoms with van der Waals surface area (Å²) in [4.78, 5) is 31.6. The second kappa shape index (κ2) is 10.7. The van der Waals surface area contributed by atoms with Gasteiger partial charge in [0.1, 0.15) is 10.7 Å². The van der Waals surface area contributed by atoms with Gasteiger partial charge >= 0.3 is 18.2 Å². The number of piperidine rings is 1. The van der Waals surface area contributed by atoms with Gasteiger partial charge in [-0.05, 0) is 56.2 Å². The van der Waals surface area contributed by atoms with Crippen LogP contribution < -0.4 is 5.32 Å². The molecule has 1 fully saturated rings. The summed E-state index contributed by atoms with van der Waals surface area (Å²) in [5.74, 6) is -1.10. The van der Waals surface area contributed by atoms with Crippen LogP contribution in [-0.2, 0) is 10.9 Å². The number of carbonyl (C=O) groups is 2. The zero-order chi connectivity index (χ0) is 25.9. The van der Waals surface area contributed by atoms with Crippen molar-refractivity contribution in [2.75, 3.05) is 25.0 Å². The standard InChI is InChI=1S/C25H23F4N3O3S/c1-2-35-23(33)21-20(18-5-3-4-6-19(18)26)31-22(36-21)15-11-13-32(14-12-15)24(34)30-17-9-7-16(8-10-17)25(27,28)29/h3-10,15H,2,11-14H2,1H3,(H,30,34). The van der Waals surface area contributed by atoms with Crippen LogP contribution >= 0.6 is 11.3 Å². The molecule has 0 spiro atoms. The third kappa shape index (κ3) is 5.67. The average Bonchev–Trinajstić information content (AvgIpc) is 3.30. The fourth-order valence-electron chi connectivity index (χ4n) is 3.96. The molecule has 3 aromatic rings. The number of esters is 1. The topological polar surface area (TPSA) is 71.5 Å². The zero-order valence-electron chi connectivity index (χ0n) is 19.3. The van der Waals surface area contributed by atoms with E-state index < -0.39 is 29.6 Å². The number of halogens is 4. The Kier molecular flexibility index (Phi) is 7.58. The van der Waals surface area contributed by atoms with E-state index in [0.29, 0.717) is 30.9 Å². The van der Waals surface area contributed by atoms with Crippen molar-refractivity contribution in [1.82, 2.24) is 9.88 Å². The quantitative estimate of drug-likeness (QED) is 0.305. The van der Waals surface area contributed by atoms with Gasteiger partial charge in [-0.2, -0.15) is 13.2 Å². The van der Waals surface area contributed by atoms with E-state index >= 15 is 0 Å². The third-order valence-corrected chi connectivity index (χ3v) is 7.03. The molecule has 36 heavy (non-hydrogen) atoms. The van der Waals surface area contributed by atoms with Crippen molar-refractivity contribution in [2.24, 2.45) is 0 Å².